The number of hydrogen-bond donors (Lipinski definition) is 2. The second-order valence-corrected chi connectivity index (χ2v) is 11.4. The number of halogens is 2. The minimum absolute atomic E-state index is 0.111. The Morgan fingerprint density at radius 2 is 1.46 bits per heavy atom. The van der Waals surface area contributed by atoms with Gasteiger partial charge in [0.05, 0.1) is 6.61 Å². The summed E-state index contributed by atoms with van der Waals surface area (Å²) in [6.45, 7) is 7.95. The normalized spacial score (nSPS) is 16.0. The van der Waals surface area contributed by atoms with Crippen LogP contribution >= 0.6 is 15.0 Å². The number of ether oxygens (including phenoxy) is 1. The third-order valence-corrected chi connectivity index (χ3v) is 8.32. The van der Waals surface area contributed by atoms with Crippen LogP contribution in [0.5, 0.6) is 0 Å². The van der Waals surface area contributed by atoms with E-state index in [1.165, 1.54) is 11.1 Å². The number of rotatable bonds is 13. The van der Waals surface area contributed by atoms with Crippen molar-refractivity contribution in [3.8, 4) is 0 Å². The molecule has 0 aliphatic heterocycles. The Balaban J connectivity index is 4.50. The molecule has 0 radical (unpaired) electrons. The van der Waals surface area contributed by atoms with Crippen LogP contribution in [0.4, 0.5) is 8.78 Å². The van der Waals surface area contributed by atoms with Crippen molar-refractivity contribution in [2.75, 3.05) is 20.1 Å². The van der Waals surface area contributed by atoms with Crippen LogP contribution in [0.25, 0.3) is 0 Å². The van der Waals surface area contributed by atoms with Gasteiger partial charge in [-0.1, -0.05) is 34.9 Å². The molecule has 0 saturated heterocycles. The fourth-order valence-electron chi connectivity index (χ4n) is 2.15. The Bertz CT molecular complexity index is 676. The average molecular weight is 444 g/mol. The van der Waals surface area contributed by atoms with Gasteiger partial charge in [0, 0.05) is 7.11 Å². The van der Waals surface area contributed by atoms with E-state index < -0.39 is 26.7 Å². The zero-order valence-electron chi connectivity index (χ0n) is 17.2. The lowest BCUT2D eigenvalue weighted by atomic mass is 10.1. The van der Waals surface area contributed by atoms with Crippen molar-refractivity contribution in [1.29, 1.82) is 0 Å². The maximum Gasteiger partial charge on any atom is 0.420 e. The first-order valence-corrected chi connectivity index (χ1v) is 12.3. The molecule has 0 aromatic rings. The van der Waals surface area contributed by atoms with Gasteiger partial charge in [0.15, 0.2) is 0 Å². The minimum atomic E-state index is -5.94. The van der Waals surface area contributed by atoms with E-state index in [1.807, 2.05) is 6.92 Å². The highest BCUT2D eigenvalue weighted by atomic mass is 31.2. The molecule has 0 bridgehead atoms. The second-order valence-electron chi connectivity index (χ2n) is 6.87. The van der Waals surface area contributed by atoms with Crippen LogP contribution in [-0.4, -0.2) is 35.3 Å². The van der Waals surface area contributed by atoms with Gasteiger partial charge >= 0.3 is 20.4 Å². The summed E-state index contributed by atoms with van der Waals surface area (Å²) in [6.07, 6.45) is 8.49. The largest absolute Gasteiger partial charge is 0.420 e. The lowest BCUT2D eigenvalue weighted by Crippen LogP contribution is -2.21. The summed E-state index contributed by atoms with van der Waals surface area (Å²) in [5.74, 6) is 0. The molecule has 1 atom stereocenters. The molecule has 0 aliphatic carbocycles. The fourth-order valence-corrected chi connectivity index (χ4v) is 4.98. The highest BCUT2D eigenvalue weighted by Crippen LogP contribution is 2.74. The molecule has 0 aliphatic rings. The van der Waals surface area contributed by atoms with Crippen molar-refractivity contribution < 1.29 is 37.0 Å². The SMILES string of the molecule is COP(=O)(COC/C=C(\C)CC/C=C(\C)CCC=C(C)C)C(F)(F)P(=O)(O)O. The highest BCUT2D eigenvalue weighted by Gasteiger charge is 2.64. The van der Waals surface area contributed by atoms with Gasteiger partial charge in [-0.05, 0) is 53.4 Å². The quantitative estimate of drug-likeness (QED) is 0.205. The third kappa shape index (κ3) is 9.25. The fraction of sp³-hybridized carbons (Fsp3) is 0.667. The van der Waals surface area contributed by atoms with E-state index in [0.717, 1.165) is 31.3 Å². The zero-order valence-corrected chi connectivity index (χ0v) is 18.9. The van der Waals surface area contributed by atoms with Crippen molar-refractivity contribution >= 4 is 15.0 Å². The molecule has 2 N–H and O–H groups in total. The van der Waals surface area contributed by atoms with Gasteiger partial charge in [-0.25, -0.2) is 0 Å². The molecular weight excluding hydrogens is 412 g/mol. The van der Waals surface area contributed by atoms with Crippen molar-refractivity contribution in [2.24, 2.45) is 0 Å². The van der Waals surface area contributed by atoms with Gasteiger partial charge in [0.2, 0.25) is 0 Å². The molecular formula is C18H32F2O6P2. The highest BCUT2D eigenvalue weighted by molar-refractivity contribution is 7.75. The van der Waals surface area contributed by atoms with Gasteiger partial charge < -0.3 is 19.0 Å². The lowest BCUT2D eigenvalue weighted by molar-refractivity contribution is 0.104. The van der Waals surface area contributed by atoms with Crippen molar-refractivity contribution in [1.82, 2.24) is 0 Å². The molecule has 0 saturated carbocycles. The van der Waals surface area contributed by atoms with E-state index >= 15 is 0 Å². The molecule has 10 heteroatoms. The summed E-state index contributed by atoms with van der Waals surface area (Å²) < 4.78 is 59.5. The number of allylic oxidation sites excluding steroid dienone is 5. The first kappa shape index (κ1) is 27.4. The predicted octanol–water partition coefficient (Wildman–Crippen LogP) is 6.03. The summed E-state index contributed by atoms with van der Waals surface area (Å²) in [4.78, 5) is 17.4. The second kappa shape index (κ2) is 12.2. The summed E-state index contributed by atoms with van der Waals surface area (Å²) in [7, 11) is -10.2. The van der Waals surface area contributed by atoms with E-state index in [2.05, 4.69) is 37.4 Å². The summed E-state index contributed by atoms with van der Waals surface area (Å²) >= 11 is 0. The maximum absolute atomic E-state index is 13.7. The molecule has 6 nitrogen and oxygen atoms in total. The Morgan fingerprint density at radius 3 is 1.93 bits per heavy atom. The monoisotopic (exact) mass is 444 g/mol. The van der Waals surface area contributed by atoms with Crippen LogP contribution in [0.2, 0.25) is 0 Å². The molecule has 0 amide bonds. The van der Waals surface area contributed by atoms with Crippen LogP contribution in [0.15, 0.2) is 34.9 Å². The average Bonchev–Trinajstić information content (AvgIpc) is 2.57. The van der Waals surface area contributed by atoms with Crippen molar-refractivity contribution in [3.05, 3.63) is 34.9 Å². The van der Waals surface area contributed by atoms with Crippen molar-refractivity contribution in [2.45, 2.75) is 58.8 Å². The Morgan fingerprint density at radius 1 is 0.964 bits per heavy atom. The molecule has 0 heterocycles. The number of hydrogen-bond acceptors (Lipinski definition) is 4. The topological polar surface area (TPSA) is 93.1 Å². The molecule has 0 aromatic heterocycles. The van der Waals surface area contributed by atoms with E-state index in [-0.39, 0.29) is 6.61 Å². The smallest absolute Gasteiger partial charge is 0.367 e. The van der Waals surface area contributed by atoms with Gasteiger partial charge in [-0.15, -0.1) is 0 Å². The molecule has 0 aromatic carbocycles. The zero-order chi connectivity index (χ0) is 22.0. The Labute approximate surface area is 166 Å². The van der Waals surface area contributed by atoms with E-state index in [1.54, 1.807) is 6.08 Å². The minimum Gasteiger partial charge on any atom is -0.367 e. The molecule has 0 fully saturated rings. The van der Waals surface area contributed by atoms with Crippen LogP contribution in [0.1, 0.15) is 53.4 Å². The standard InChI is InChI=1S/C18H32F2O6P2/c1-15(2)8-6-9-16(3)10-7-11-17(4)12-13-26-14-27(21,25-5)18(19,20)28(22,23)24/h8,10,12H,6-7,9,11,13-14H2,1-5H3,(H2,22,23,24)/b16-10+,17-12+. The van der Waals surface area contributed by atoms with Crippen LogP contribution < -0.4 is 0 Å². The summed E-state index contributed by atoms with van der Waals surface area (Å²) in [5.41, 5.74) is 3.55. The van der Waals surface area contributed by atoms with Crippen LogP contribution in [-0.2, 0) is 18.4 Å². The van der Waals surface area contributed by atoms with Gasteiger partial charge in [0.25, 0.3) is 0 Å². The van der Waals surface area contributed by atoms with E-state index in [4.69, 9.17) is 14.5 Å². The van der Waals surface area contributed by atoms with E-state index in [9.17, 15) is 17.9 Å². The summed E-state index contributed by atoms with van der Waals surface area (Å²) in [5, 5.41) is -4.79. The third-order valence-electron chi connectivity index (χ3n) is 3.99. The molecule has 164 valence electrons. The van der Waals surface area contributed by atoms with Crippen LogP contribution in [0.3, 0.4) is 0 Å². The van der Waals surface area contributed by atoms with Gasteiger partial charge in [-0.3, -0.25) is 9.13 Å². The van der Waals surface area contributed by atoms with Crippen LogP contribution in [0, 0.1) is 0 Å². The lowest BCUT2D eigenvalue weighted by Gasteiger charge is -2.25. The summed E-state index contributed by atoms with van der Waals surface area (Å²) in [6, 6.07) is 0. The molecule has 1 unspecified atom stereocenters. The van der Waals surface area contributed by atoms with Gasteiger partial charge in [0.1, 0.15) is 6.35 Å². The first-order valence-electron chi connectivity index (χ1n) is 8.87. The number of alkyl halides is 2. The predicted molar refractivity (Wildman–Crippen MR) is 108 cm³/mol. The molecule has 28 heavy (non-hydrogen) atoms. The van der Waals surface area contributed by atoms with E-state index in [0.29, 0.717) is 7.11 Å². The Hall–Kier alpha value is -0.620. The first-order chi connectivity index (χ1) is 12.8. The van der Waals surface area contributed by atoms with Gasteiger partial charge in [-0.2, -0.15) is 8.78 Å². The van der Waals surface area contributed by atoms with Crippen molar-refractivity contribution in [3.63, 3.8) is 0 Å². The Kier molecular flexibility index (Phi) is 11.9. The molecule has 0 rings (SSSR count). The molecule has 0 spiro atoms. The maximum atomic E-state index is 13.7.